The number of hydrogen-bond acceptors (Lipinski definition) is 4. The van der Waals surface area contributed by atoms with Crippen LogP contribution >= 0.6 is 0 Å². The molecular weight excluding hydrogens is 328 g/mol. The van der Waals surface area contributed by atoms with Crippen molar-refractivity contribution in [3.05, 3.63) is 54.2 Å². The summed E-state index contributed by atoms with van der Waals surface area (Å²) in [5.74, 6) is 0.865. The number of methoxy groups -OCH3 is 1. The molecule has 0 unspecified atom stereocenters. The van der Waals surface area contributed by atoms with Gasteiger partial charge in [0, 0.05) is 38.6 Å². The van der Waals surface area contributed by atoms with Crippen LogP contribution in [0.5, 0.6) is 5.75 Å². The third-order valence-electron chi connectivity index (χ3n) is 4.95. The molecule has 1 fully saturated rings. The van der Waals surface area contributed by atoms with Crippen LogP contribution in [0.4, 0.5) is 5.69 Å². The molecule has 0 radical (unpaired) electrons. The molecule has 0 bridgehead atoms. The third-order valence-corrected chi connectivity index (χ3v) is 4.95. The second kappa shape index (κ2) is 6.71. The number of rotatable bonds is 3. The van der Waals surface area contributed by atoms with E-state index in [0.717, 1.165) is 35.4 Å². The lowest BCUT2D eigenvalue weighted by atomic mass is 10.1. The number of aromatic nitrogens is 2. The normalized spacial score (nSPS) is 14.7. The van der Waals surface area contributed by atoms with Crippen molar-refractivity contribution >= 4 is 22.5 Å². The first-order valence-electron chi connectivity index (χ1n) is 8.78. The van der Waals surface area contributed by atoms with Gasteiger partial charge in [0.05, 0.1) is 18.3 Å². The Bertz CT molecular complexity index is 942. The van der Waals surface area contributed by atoms with Gasteiger partial charge in [-0.25, -0.2) is 0 Å². The van der Waals surface area contributed by atoms with Crippen molar-refractivity contribution < 1.29 is 9.53 Å². The minimum Gasteiger partial charge on any atom is -0.495 e. The van der Waals surface area contributed by atoms with Gasteiger partial charge in [-0.3, -0.25) is 9.48 Å². The number of para-hydroxylation sites is 3. The highest BCUT2D eigenvalue weighted by molar-refractivity contribution is 6.04. The zero-order chi connectivity index (χ0) is 18.1. The summed E-state index contributed by atoms with van der Waals surface area (Å²) >= 11 is 0. The van der Waals surface area contributed by atoms with Crippen molar-refractivity contribution in [1.29, 1.82) is 0 Å². The molecule has 3 aromatic rings. The van der Waals surface area contributed by atoms with E-state index in [0.29, 0.717) is 18.8 Å². The second-order valence-electron chi connectivity index (χ2n) is 6.44. The number of fused-ring (bicyclic) bond motifs is 1. The van der Waals surface area contributed by atoms with Crippen LogP contribution in [0.25, 0.3) is 10.9 Å². The Morgan fingerprint density at radius 1 is 1.00 bits per heavy atom. The molecule has 0 N–H and O–H groups in total. The van der Waals surface area contributed by atoms with Gasteiger partial charge in [-0.1, -0.05) is 30.3 Å². The monoisotopic (exact) mass is 350 g/mol. The van der Waals surface area contributed by atoms with E-state index in [-0.39, 0.29) is 5.91 Å². The van der Waals surface area contributed by atoms with Crippen molar-refractivity contribution in [2.24, 2.45) is 7.05 Å². The fraction of sp³-hybridized carbons (Fsp3) is 0.300. The van der Waals surface area contributed by atoms with Crippen molar-refractivity contribution in [2.75, 3.05) is 38.2 Å². The summed E-state index contributed by atoms with van der Waals surface area (Å²) in [6, 6.07) is 15.9. The zero-order valence-electron chi connectivity index (χ0n) is 15.1. The zero-order valence-corrected chi connectivity index (χ0v) is 15.1. The smallest absolute Gasteiger partial charge is 0.275 e. The summed E-state index contributed by atoms with van der Waals surface area (Å²) < 4.78 is 7.23. The van der Waals surface area contributed by atoms with Crippen molar-refractivity contribution in [2.45, 2.75) is 0 Å². The Hall–Kier alpha value is -3.02. The molecular formula is C20H22N4O2. The molecule has 1 amide bonds. The van der Waals surface area contributed by atoms with Gasteiger partial charge in [0.25, 0.3) is 5.91 Å². The Kier molecular flexibility index (Phi) is 4.24. The number of hydrogen-bond donors (Lipinski definition) is 0. The third kappa shape index (κ3) is 2.77. The summed E-state index contributed by atoms with van der Waals surface area (Å²) in [5, 5.41) is 5.37. The first-order chi connectivity index (χ1) is 12.7. The minimum absolute atomic E-state index is 0.00137. The average molecular weight is 350 g/mol. The maximum Gasteiger partial charge on any atom is 0.275 e. The highest BCUT2D eigenvalue weighted by Gasteiger charge is 2.26. The molecule has 134 valence electrons. The number of amides is 1. The predicted molar refractivity (Wildman–Crippen MR) is 102 cm³/mol. The molecule has 2 aromatic carbocycles. The van der Waals surface area contributed by atoms with Crippen LogP contribution < -0.4 is 9.64 Å². The lowest BCUT2D eigenvalue weighted by Crippen LogP contribution is -2.49. The Balaban J connectivity index is 1.52. The van der Waals surface area contributed by atoms with Crippen LogP contribution in [-0.2, 0) is 7.05 Å². The largest absolute Gasteiger partial charge is 0.495 e. The molecule has 6 heteroatoms. The van der Waals surface area contributed by atoms with Gasteiger partial charge in [-0.15, -0.1) is 0 Å². The van der Waals surface area contributed by atoms with Gasteiger partial charge < -0.3 is 14.5 Å². The molecule has 0 saturated carbocycles. The number of carbonyl (C=O) groups is 1. The summed E-state index contributed by atoms with van der Waals surface area (Å²) in [6.45, 7) is 2.89. The van der Waals surface area contributed by atoms with Crippen LogP contribution in [-0.4, -0.2) is 53.9 Å². The van der Waals surface area contributed by atoms with Gasteiger partial charge in [0.15, 0.2) is 5.69 Å². The molecule has 0 spiro atoms. The highest BCUT2D eigenvalue weighted by atomic mass is 16.5. The predicted octanol–water partition coefficient (Wildman–Crippen LogP) is 2.54. The van der Waals surface area contributed by atoms with Gasteiger partial charge >= 0.3 is 0 Å². The van der Waals surface area contributed by atoms with E-state index in [9.17, 15) is 4.79 Å². The number of aryl methyl sites for hydroxylation is 1. The topological polar surface area (TPSA) is 50.6 Å². The Morgan fingerprint density at radius 3 is 2.46 bits per heavy atom. The molecule has 1 aromatic heterocycles. The number of ether oxygens (including phenoxy) is 1. The summed E-state index contributed by atoms with van der Waals surface area (Å²) in [7, 11) is 3.56. The van der Waals surface area contributed by atoms with Gasteiger partial charge in [0.2, 0.25) is 0 Å². The summed E-state index contributed by atoms with van der Waals surface area (Å²) in [5.41, 5.74) is 2.59. The van der Waals surface area contributed by atoms with Gasteiger partial charge in [0.1, 0.15) is 5.75 Å². The van der Waals surface area contributed by atoms with Crippen LogP contribution in [0.3, 0.4) is 0 Å². The van der Waals surface area contributed by atoms with Gasteiger partial charge in [-0.2, -0.15) is 5.10 Å². The maximum atomic E-state index is 13.0. The van der Waals surface area contributed by atoms with E-state index in [4.69, 9.17) is 4.74 Å². The molecule has 6 nitrogen and oxygen atoms in total. The lowest BCUT2D eigenvalue weighted by Gasteiger charge is -2.36. The van der Waals surface area contributed by atoms with Crippen molar-refractivity contribution in [3.8, 4) is 5.75 Å². The standard InChI is InChI=1S/C20H22N4O2/c1-22-16-8-4-3-7-15(16)19(21-22)20(25)24-13-11-23(12-14-24)17-9-5-6-10-18(17)26-2/h3-10H,11-14H2,1-2H3. The van der Waals surface area contributed by atoms with Crippen molar-refractivity contribution in [1.82, 2.24) is 14.7 Å². The SMILES string of the molecule is COc1ccccc1N1CCN(C(=O)c2nn(C)c3ccccc23)CC1. The lowest BCUT2D eigenvalue weighted by molar-refractivity contribution is 0.0742. The Labute approximate surface area is 152 Å². The van der Waals surface area contributed by atoms with E-state index in [1.54, 1.807) is 11.8 Å². The summed E-state index contributed by atoms with van der Waals surface area (Å²) in [4.78, 5) is 17.2. The van der Waals surface area contributed by atoms with E-state index in [1.807, 2.05) is 54.4 Å². The molecule has 0 aliphatic carbocycles. The van der Waals surface area contributed by atoms with Crippen LogP contribution in [0.15, 0.2) is 48.5 Å². The van der Waals surface area contributed by atoms with E-state index >= 15 is 0 Å². The molecule has 1 aliphatic heterocycles. The number of benzene rings is 2. The number of carbonyl (C=O) groups excluding carboxylic acids is 1. The molecule has 26 heavy (non-hydrogen) atoms. The van der Waals surface area contributed by atoms with Crippen molar-refractivity contribution in [3.63, 3.8) is 0 Å². The first kappa shape index (κ1) is 16.4. The number of anilines is 1. The van der Waals surface area contributed by atoms with Crippen LogP contribution in [0, 0.1) is 0 Å². The number of nitrogens with zero attached hydrogens (tertiary/aromatic N) is 4. The number of piperazine rings is 1. The van der Waals surface area contributed by atoms with Crippen LogP contribution in [0.1, 0.15) is 10.5 Å². The molecule has 1 aliphatic rings. The quantitative estimate of drug-likeness (QED) is 0.728. The minimum atomic E-state index is 0.00137. The second-order valence-corrected chi connectivity index (χ2v) is 6.44. The molecule has 2 heterocycles. The Morgan fingerprint density at radius 2 is 1.69 bits per heavy atom. The van der Waals surface area contributed by atoms with E-state index in [1.165, 1.54) is 0 Å². The molecule has 0 atom stereocenters. The fourth-order valence-corrected chi connectivity index (χ4v) is 3.56. The van der Waals surface area contributed by atoms with Gasteiger partial charge in [-0.05, 0) is 18.2 Å². The van der Waals surface area contributed by atoms with Crippen LogP contribution in [0.2, 0.25) is 0 Å². The molecule has 1 saturated heterocycles. The molecule has 4 rings (SSSR count). The highest BCUT2D eigenvalue weighted by Crippen LogP contribution is 2.28. The fourth-order valence-electron chi connectivity index (χ4n) is 3.56. The van der Waals surface area contributed by atoms with E-state index in [2.05, 4.69) is 16.1 Å². The van der Waals surface area contributed by atoms with E-state index < -0.39 is 0 Å². The average Bonchev–Trinajstić information content (AvgIpc) is 3.04. The maximum absolute atomic E-state index is 13.0. The first-order valence-corrected chi connectivity index (χ1v) is 8.78. The summed E-state index contributed by atoms with van der Waals surface area (Å²) in [6.07, 6.45) is 0.